The van der Waals surface area contributed by atoms with Gasteiger partial charge in [0.2, 0.25) is 0 Å². The van der Waals surface area contributed by atoms with Gasteiger partial charge in [0, 0.05) is 6.08 Å². The Bertz CT molecular complexity index is 807. The van der Waals surface area contributed by atoms with Gasteiger partial charge < -0.3 is 18.9 Å². The van der Waals surface area contributed by atoms with Crippen molar-refractivity contribution < 1.29 is 33.3 Å². The fourth-order valence-corrected chi connectivity index (χ4v) is 1.88. The summed E-state index contributed by atoms with van der Waals surface area (Å²) in [5.74, 6) is -0.515. The van der Waals surface area contributed by atoms with Crippen LogP contribution in [0.1, 0.15) is 15.9 Å². The monoisotopic (exact) mass is 370 g/mol. The summed E-state index contributed by atoms with van der Waals surface area (Å²) in [7, 11) is 0. The fraction of sp³-hybridized carbons (Fsp3) is 0.150. The molecule has 27 heavy (non-hydrogen) atoms. The van der Waals surface area contributed by atoms with E-state index in [9.17, 15) is 14.4 Å². The third-order valence-electron chi connectivity index (χ3n) is 3.24. The van der Waals surface area contributed by atoms with Gasteiger partial charge in [0.1, 0.15) is 24.7 Å². The number of hydrogen-bond acceptors (Lipinski definition) is 7. The van der Waals surface area contributed by atoms with Crippen molar-refractivity contribution in [2.24, 2.45) is 0 Å². The van der Waals surface area contributed by atoms with Crippen LogP contribution in [0.4, 0.5) is 4.79 Å². The lowest BCUT2D eigenvalue weighted by Crippen LogP contribution is -2.16. The smallest absolute Gasteiger partial charge is 0.459 e. The Balaban J connectivity index is 1.80. The van der Waals surface area contributed by atoms with Gasteiger partial charge in [-0.3, -0.25) is 0 Å². The number of esters is 2. The molecule has 2 rings (SSSR count). The van der Waals surface area contributed by atoms with Crippen LogP contribution in [0.25, 0.3) is 0 Å². The van der Waals surface area contributed by atoms with Crippen LogP contribution in [-0.2, 0) is 14.3 Å². The summed E-state index contributed by atoms with van der Waals surface area (Å²) in [5.41, 5.74) is 1.36. The quantitative estimate of drug-likeness (QED) is 0.242. The number of carbonyl (C=O) groups is 3. The zero-order valence-electron chi connectivity index (χ0n) is 14.7. The molecule has 7 nitrogen and oxygen atoms in total. The molecule has 0 aliphatic rings. The summed E-state index contributed by atoms with van der Waals surface area (Å²) >= 11 is 0. The Morgan fingerprint density at radius 1 is 0.852 bits per heavy atom. The second-order valence-electron chi connectivity index (χ2n) is 5.30. The van der Waals surface area contributed by atoms with E-state index in [1.807, 2.05) is 19.1 Å². The lowest BCUT2D eigenvalue weighted by Gasteiger charge is -2.07. The highest BCUT2D eigenvalue weighted by Crippen LogP contribution is 2.16. The maximum Gasteiger partial charge on any atom is 0.513 e. The van der Waals surface area contributed by atoms with E-state index < -0.39 is 18.1 Å². The minimum absolute atomic E-state index is 0.107. The van der Waals surface area contributed by atoms with E-state index in [2.05, 4.69) is 11.3 Å². The van der Waals surface area contributed by atoms with E-state index in [0.29, 0.717) is 11.3 Å². The van der Waals surface area contributed by atoms with Gasteiger partial charge in [-0.25, -0.2) is 14.4 Å². The van der Waals surface area contributed by atoms with E-state index in [1.54, 1.807) is 12.1 Å². The number of ether oxygens (including phenoxy) is 4. The predicted octanol–water partition coefficient (Wildman–Crippen LogP) is 3.46. The largest absolute Gasteiger partial charge is 0.513 e. The van der Waals surface area contributed by atoms with Crippen molar-refractivity contribution in [3.05, 3.63) is 72.3 Å². The van der Waals surface area contributed by atoms with E-state index >= 15 is 0 Å². The summed E-state index contributed by atoms with van der Waals surface area (Å²) < 4.78 is 19.6. The third kappa shape index (κ3) is 6.66. The van der Waals surface area contributed by atoms with Crippen LogP contribution in [0.2, 0.25) is 0 Å². The normalized spacial score (nSPS) is 9.81. The molecule has 2 aromatic rings. The number of benzene rings is 2. The topological polar surface area (TPSA) is 88.1 Å². The number of rotatable bonds is 7. The van der Waals surface area contributed by atoms with Crippen molar-refractivity contribution in [1.29, 1.82) is 0 Å². The molecule has 0 aliphatic heterocycles. The Labute approximate surface area is 156 Å². The first kappa shape index (κ1) is 19.7. The molecule has 0 fully saturated rings. The van der Waals surface area contributed by atoms with Crippen LogP contribution in [0.5, 0.6) is 11.5 Å². The van der Waals surface area contributed by atoms with Crippen LogP contribution < -0.4 is 9.47 Å². The highest BCUT2D eigenvalue weighted by atomic mass is 16.7. The lowest BCUT2D eigenvalue weighted by atomic mass is 10.2. The lowest BCUT2D eigenvalue weighted by molar-refractivity contribution is -0.138. The number of carbonyl (C=O) groups excluding carboxylic acids is 3. The molecule has 0 N–H and O–H groups in total. The summed E-state index contributed by atoms with van der Waals surface area (Å²) in [6.07, 6.45) is 0.0450. The molecule has 2 aromatic carbocycles. The zero-order valence-corrected chi connectivity index (χ0v) is 14.7. The first-order valence-electron chi connectivity index (χ1n) is 8.00. The SMILES string of the molecule is C=CC(=O)OCCOC(=O)Oc1ccc(C(=O)Oc2ccc(C)cc2)cc1. The minimum Gasteiger partial charge on any atom is -0.459 e. The highest BCUT2D eigenvalue weighted by molar-refractivity contribution is 5.91. The molecule has 0 radical (unpaired) electrons. The first-order valence-corrected chi connectivity index (χ1v) is 8.00. The minimum atomic E-state index is -0.959. The van der Waals surface area contributed by atoms with Gasteiger partial charge in [0.25, 0.3) is 0 Å². The second-order valence-corrected chi connectivity index (χ2v) is 5.30. The molecule has 0 heterocycles. The second kappa shape index (κ2) is 9.76. The third-order valence-corrected chi connectivity index (χ3v) is 3.24. The van der Waals surface area contributed by atoms with Crippen molar-refractivity contribution in [2.75, 3.05) is 13.2 Å². The average molecular weight is 370 g/mol. The summed E-state index contributed by atoms with van der Waals surface area (Å²) in [6.45, 7) is 4.91. The molecule has 0 aromatic heterocycles. The maximum absolute atomic E-state index is 12.1. The van der Waals surface area contributed by atoms with Crippen molar-refractivity contribution in [2.45, 2.75) is 6.92 Å². The molecule has 0 atom stereocenters. The van der Waals surface area contributed by atoms with Crippen molar-refractivity contribution in [3.8, 4) is 11.5 Å². The van der Waals surface area contributed by atoms with Crippen LogP contribution in [0.15, 0.2) is 61.2 Å². The molecular weight excluding hydrogens is 352 g/mol. The number of aryl methyl sites for hydroxylation is 1. The Morgan fingerprint density at radius 3 is 2.04 bits per heavy atom. The summed E-state index contributed by atoms with van der Waals surface area (Å²) in [4.78, 5) is 34.4. The van der Waals surface area contributed by atoms with Gasteiger partial charge in [-0.15, -0.1) is 0 Å². The molecule has 140 valence electrons. The van der Waals surface area contributed by atoms with Gasteiger partial charge >= 0.3 is 18.1 Å². The fourth-order valence-electron chi connectivity index (χ4n) is 1.88. The van der Waals surface area contributed by atoms with Crippen LogP contribution in [0.3, 0.4) is 0 Å². The molecule has 0 amide bonds. The van der Waals surface area contributed by atoms with Gasteiger partial charge in [-0.2, -0.15) is 0 Å². The van der Waals surface area contributed by atoms with E-state index in [0.717, 1.165) is 11.6 Å². The van der Waals surface area contributed by atoms with Crippen molar-refractivity contribution in [3.63, 3.8) is 0 Å². The first-order chi connectivity index (χ1) is 13.0. The van der Waals surface area contributed by atoms with E-state index in [-0.39, 0.29) is 19.0 Å². The molecule has 0 aliphatic carbocycles. The molecule has 0 unspecified atom stereocenters. The molecule has 0 saturated heterocycles. The van der Waals surface area contributed by atoms with Crippen molar-refractivity contribution in [1.82, 2.24) is 0 Å². The summed E-state index contributed by atoms with van der Waals surface area (Å²) in [6, 6.07) is 12.9. The Morgan fingerprint density at radius 2 is 1.41 bits per heavy atom. The van der Waals surface area contributed by atoms with E-state index in [1.165, 1.54) is 24.3 Å². The zero-order chi connectivity index (χ0) is 19.6. The maximum atomic E-state index is 12.1. The van der Waals surface area contributed by atoms with Crippen LogP contribution >= 0.6 is 0 Å². The molecule has 0 spiro atoms. The van der Waals surface area contributed by atoms with Crippen molar-refractivity contribution >= 4 is 18.1 Å². The molecule has 0 bridgehead atoms. The predicted molar refractivity (Wildman–Crippen MR) is 95.7 cm³/mol. The Kier molecular flexibility index (Phi) is 7.13. The average Bonchev–Trinajstić information content (AvgIpc) is 2.67. The molecular formula is C20H18O7. The van der Waals surface area contributed by atoms with Gasteiger partial charge in [-0.1, -0.05) is 24.3 Å². The van der Waals surface area contributed by atoms with Gasteiger partial charge in [0.15, 0.2) is 0 Å². The number of hydrogen-bond donors (Lipinski definition) is 0. The van der Waals surface area contributed by atoms with Gasteiger partial charge in [0.05, 0.1) is 5.56 Å². The summed E-state index contributed by atoms with van der Waals surface area (Å²) in [5, 5.41) is 0. The Hall–Kier alpha value is -3.61. The van der Waals surface area contributed by atoms with E-state index in [4.69, 9.17) is 14.2 Å². The molecule has 0 saturated carbocycles. The highest BCUT2D eigenvalue weighted by Gasteiger charge is 2.11. The molecule has 7 heteroatoms. The standard InChI is InChI=1S/C20H18O7/c1-3-18(21)24-12-13-25-20(23)27-17-10-6-15(7-11-17)19(22)26-16-8-4-14(2)5-9-16/h3-11H,1,12-13H2,2H3. The van der Waals surface area contributed by atoms with Crippen LogP contribution in [-0.4, -0.2) is 31.3 Å². The van der Waals surface area contributed by atoms with Gasteiger partial charge in [-0.05, 0) is 43.3 Å². The van der Waals surface area contributed by atoms with Crippen LogP contribution in [0, 0.1) is 6.92 Å².